The largest absolute Gasteiger partial charge is 0.371 e. The lowest BCUT2D eigenvalue weighted by atomic mass is 9.95. The summed E-state index contributed by atoms with van der Waals surface area (Å²) in [5.74, 6) is 0. The molecule has 2 heterocycles. The molecule has 0 spiro atoms. The quantitative estimate of drug-likeness (QED) is 0.709. The fourth-order valence-electron chi connectivity index (χ4n) is 3.71. The Morgan fingerprint density at radius 2 is 1.70 bits per heavy atom. The van der Waals surface area contributed by atoms with Crippen LogP contribution in [0.15, 0.2) is 73.3 Å². The van der Waals surface area contributed by atoms with Crippen molar-refractivity contribution in [2.45, 2.75) is 50.2 Å². The molecule has 4 heteroatoms. The van der Waals surface area contributed by atoms with Gasteiger partial charge in [-0.2, -0.15) is 0 Å². The van der Waals surface area contributed by atoms with E-state index in [0.717, 1.165) is 24.0 Å². The van der Waals surface area contributed by atoms with Crippen molar-refractivity contribution >= 4 is 0 Å². The Balaban J connectivity index is 1.42. The molecule has 4 nitrogen and oxygen atoms in total. The number of rotatable bonds is 6. The van der Waals surface area contributed by atoms with Crippen LogP contribution in [0.3, 0.4) is 0 Å². The molecule has 0 aromatic heterocycles. The molecule has 2 saturated heterocycles. The molecule has 2 fully saturated rings. The van der Waals surface area contributed by atoms with E-state index in [1.165, 1.54) is 0 Å². The number of benzene rings is 2. The first-order valence-corrected chi connectivity index (χ1v) is 9.57. The zero-order chi connectivity index (χ0) is 18.5. The highest BCUT2D eigenvalue weighted by Crippen LogP contribution is 2.35. The summed E-state index contributed by atoms with van der Waals surface area (Å²) in [7, 11) is 0. The van der Waals surface area contributed by atoms with Crippen LogP contribution in [0.5, 0.6) is 0 Å². The Labute approximate surface area is 160 Å². The molecule has 5 atom stereocenters. The molecule has 27 heavy (non-hydrogen) atoms. The third kappa shape index (κ3) is 4.47. The van der Waals surface area contributed by atoms with E-state index >= 15 is 0 Å². The van der Waals surface area contributed by atoms with Crippen molar-refractivity contribution in [1.82, 2.24) is 0 Å². The Bertz CT molecular complexity index is 718. The van der Waals surface area contributed by atoms with Gasteiger partial charge in [-0.25, -0.2) is 0 Å². The molecule has 2 aromatic carbocycles. The van der Waals surface area contributed by atoms with E-state index < -0.39 is 0 Å². The van der Waals surface area contributed by atoms with Crippen molar-refractivity contribution in [3.8, 4) is 0 Å². The van der Waals surface area contributed by atoms with Gasteiger partial charge in [-0.3, -0.25) is 0 Å². The number of hydrogen-bond acceptors (Lipinski definition) is 4. The van der Waals surface area contributed by atoms with Gasteiger partial charge >= 0.3 is 0 Å². The van der Waals surface area contributed by atoms with E-state index in [2.05, 4.69) is 18.7 Å². The molecule has 2 aromatic rings. The fourth-order valence-corrected chi connectivity index (χ4v) is 3.71. The molecule has 2 aliphatic heterocycles. The summed E-state index contributed by atoms with van der Waals surface area (Å²) >= 11 is 0. The van der Waals surface area contributed by atoms with Crippen LogP contribution in [-0.4, -0.2) is 31.0 Å². The van der Waals surface area contributed by atoms with Crippen LogP contribution in [0.2, 0.25) is 0 Å². The van der Waals surface area contributed by atoms with E-state index in [9.17, 15) is 0 Å². The van der Waals surface area contributed by atoms with Crippen molar-refractivity contribution in [3.05, 3.63) is 84.4 Å². The van der Waals surface area contributed by atoms with Gasteiger partial charge < -0.3 is 18.9 Å². The highest BCUT2D eigenvalue weighted by molar-refractivity contribution is 5.16. The molecule has 0 bridgehead atoms. The molecular weight excluding hydrogens is 340 g/mol. The van der Waals surface area contributed by atoms with Gasteiger partial charge in [-0.05, 0) is 12.0 Å². The van der Waals surface area contributed by atoms with E-state index in [-0.39, 0.29) is 30.7 Å². The molecule has 0 radical (unpaired) electrons. The molecule has 0 saturated carbocycles. The maximum atomic E-state index is 6.27. The van der Waals surface area contributed by atoms with Crippen LogP contribution in [0.1, 0.15) is 30.3 Å². The summed E-state index contributed by atoms with van der Waals surface area (Å²) in [6, 6.07) is 20.3. The van der Waals surface area contributed by atoms with Crippen LogP contribution < -0.4 is 0 Å². The average molecular weight is 366 g/mol. The predicted molar refractivity (Wildman–Crippen MR) is 103 cm³/mol. The Kier molecular flexibility index (Phi) is 6.00. The van der Waals surface area contributed by atoms with Gasteiger partial charge in [0.1, 0.15) is 6.10 Å². The highest BCUT2D eigenvalue weighted by atomic mass is 16.7. The molecule has 4 rings (SSSR count). The first-order valence-electron chi connectivity index (χ1n) is 9.57. The summed E-state index contributed by atoms with van der Waals surface area (Å²) in [6.45, 7) is 4.96. The molecule has 0 N–H and O–H groups in total. The van der Waals surface area contributed by atoms with Gasteiger partial charge in [0.15, 0.2) is 6.29 Å². The Morgan fingerprint density at radius 1 is 0.963 bits per heavy atom. The van der Waals surface area contributed by atoms with Gasteiger partial charge in [0.25, 0.3) is 0 Å². The average Bonchev–Trinajstić information content (AvgIpc) is 2.73. The number of ether oxygens (including phenoxy) is 4. The third-order valence-electron chi connectivity index (χ3n) is 5.13. The Morgan fingerprint density at radius 3 is 2.44 bits per heavy atom. The highest BCUT2D eigenvalue weighted by Gasteiger charge is 2.43. The minimum atomic E-state index is -0.346. The Hall–Kier alpha value is -1.98. The van der Waals surface area contributed by atoms with Gasteiger partial charge in [-0.15, -0.1) is 6.58 Å². The van der Waals surface area contributed by atoms with Crippen LogP contribution >= 0.6 is 0 Å². The standard InChI is InChI=1S/C23H26O4/c1-2-9-19-20(24-15-17-10-5-3-6-11-17)14-21-22(26-19)16-25-23(27-21)18-12-7-4-8-13-18/h2-8,10-13,19-23H,1,9,14-16H2/t19-,20-,21+,22-,23?/m1/s1. The summed E-state index contributed by atoms with van der Waals surface area (Å²) < 4.78 is 24.6. The van der Waals surface area contributed by atoms with Crippen molar-refractivity contribution in [1.29, 1.82) is 0 Å². The zero-order valence-electron chi connectivity index (χ0n) is 15.4. The lowest BCUT2D eigenvalue weighted by Crippen LogP contribution is -2.53. The SMILES string of the molecule is C=CC[C@H]1O[C@@H]2COC(c3ccccc3)O[C@H]2C[C@H]1OCc1ccccc1. The topological polar surface area (TPSA) is 36.9 Å². The lowest BCUT2D eigenvalue weighted by molar-refractivity contribution is -0.305. The lowest BCUT2D eigenvalue weighted by Gasteiger charge is -2.45. The first kappa shape index (κ1) is 18.4. The second-order valence-electron chi connectivity index (χ2n) is 7.06. The van der Waals surface area contributed by atoms with Gasteiger partial charge in [0.05, 0.1) is 31.5 Å². The monoisotopic (exact) mass is 366 g/mol. The van der Waals surface area contributed by atoms with Crippen molar-refractivity contribution < 1.29 is 18.9 Å². The van der Waals surface area contributed by atoms with Crippen LogP contribution in [0.25, 0.3) is 0 Å². The van der Waals surface area contributed by atoms with E-state index in [1.54, 1.807) is 0 Å². The smallest absolute Gasteiger partial charge is 0.184 e. The maximum absolute atomic E-state index is 6.27. The second-order valence-corrected chi connectivity index (χ2v) is 7.06. The summed E-state index contributed by atoms with van der Waals surface area (Å²) in [6.07, 6.45) is 2.94. The van der Waals surface area contributed by atoms with E-state index in [4.69, 9.17) is 18.9 Å². The molecular formula is C23H26O4. The summed E-state index contributed by atoms with van der Waals surface area (Å²) in [5.41, 5.74) is 2.19. The van der Waals surface area contributed by atoms with Crippen LogP contribution in [0, 0.1) is 0 Å². The summed E-state index contributed by atoms with van der Waals surface area (Å²) in [4.78, 5) is 0. The number of fused-ring (bicyclic) bond motifs is 1. The van der Waals surface area contributed by atoms with E-state index in [1.807, 2.05) is 54.6 Å². The van der Waals surface area contributed by atoms with Crippen molar-refractivity contribution in [2.24, 2.45) is 0 Å². The van der Waals surface area contributed by atoms with Crippen LogP contribution in [-0.2, 0) is 25.6 Å². The van der Waals surface area contributed by atoms with Crippen molar-refractivity contribution in [3.63, 3.8) is 0 Å². The minimum absolute atomic E-state index is 0.0204. The zero-order valence-corrected chi connectivity index (χ0v) is 15.4. The fraction of sp³-hybridized carbons (Fsp3) is 0.391. The van der Waals surface area contributed by atoms with Crippen molar-refractivity contribution in [2.75, 3.05) is 6.61 Å². The van der Waals surface area contributed by atoms with Gasteiger partial charge in [-0.1, -0.05) is 66.7 Å². The van der Waals surface area contributed by atoms with Crippen LogP contribution in [0.4, 0.5) is 0 Å². The normalized spacial score (nSPS) is 30.4. The van der Waals surface area contributed by atoms with Gasteiger partial charge in [0, 0.05) is 12.0 Å². The predicted octanol–water partition coefficient (Wildman–Crippen LogP) is 4.42. The molecule has 0 amide bonds. The molecule has 2 aliphatic rings. The summed E-state index contributed by atoms with van der Waals surface area (Å²) in [5, 5.41) is 0. The number of hydrogen-bond donors (Lipinski definition) is 0. The first-order chi connectivity index (χ1) is 13.3. The molecule has 142 valence electrons. The maximum Gasteiger partial charge on any atom is 0.184 e. The minimum Gasteiger partial charge on any atom is -0.371 e. The second kappa shape index (κ2) is 8.81. The third-order valence-corrected chi connectivity index (χ3v) is 5.13. The van der Waals surface area contributed by atoms with E-state index in [0.29, 0.717) is 13.2 Å². The van der Waals surface area contributed by atoms with Gasteiger partial charge in [0.2, 0.25) is 0 Å². The molecule has 0 aliphatic carbocycles. The molecule has 1 unspecified atom stereocenters.